The number of nitrogens with zero attached hydrogens (tertiary/aromatic N) is 2. The molecule has 0 amide bonds. The molecule has 106 valence electrons. The van der Waals surface area contributed by atoms with Gasteiger partial charge in [-0.15, -0.1) is 11.8 Å². The Bertz CT molecular complexity index is 588. The maximum atomic E-state index is 9.46. The van der Waals surface area contributed by atoms with Gasteiger partial charge >= 0.3 is 0 Å². The first-order chi connectivity index (χ1) is 9.72. The highest BCUT2D eigenvalue weighted by Crippen LogP contribution is 2.41. The van der Waals surface area contributed by atoms with Crippen LogP contribution in [0.2, 0.25) is 0 Å². The van der Waals surface area contributed by atoms with E-state index in [1.807, 2.05) is 35.7 Å². The maximum absolute atomic E-state index is 9.46. The van der Waals surface area contributed by atoms with Gasteiger partial charge in [-0.05, 0) is 17.7 Å². The number of aromatic nitrogens is 2. The van der Waals surface area contributed by atoms with E-state index >= 15 is 0 Å². The molecule has 20 heavy (non-hydrogen) atoms. The van der Waals surface area contributed by atoms with E-state index < -0.39 is 0 Å². The van der Waals surface area contributed by atoms with Crippen molar-refractivity contribution < 1.29 is 9.63 Å². The van der Waals surface area contributed by atoms with Gasteiger partial charge in [0, 0.05) is 16.8 Å². The van der Waals surface area contributed by atoms with E-state index in [2.05, 4.69) is 17.1 Å². The lowest BCUT2D eigenvalue weighted by molar-refractivity contribution is 0.379. The largest absolute Gasteiger partial charge is 0.508 e. The topological polar surface area (TPSA) is 59.2 Å². The molecular weight excluding hydrogens is 292 g/mol. The zero-order chi connectivity index (χ0) is 13.9. The lowest BCUT2D eigenvalue weighted by Gasteiger charge is -2.24. The Morgan fingerprint density at radius 3 is 3.00 bits per heavy atom. The van der Waals surface area contributed by atoms with Gasteiger partial charge in [-0.25, -0.2) is 0 Å². The molecule has 1 saturated heterocycles. The van der Waals surface area contributed by atoms with Gasteiger partial charge < -0.3 is 9.63 Å². The highest BCUT2D eigenvalue weighted by Gasteiger charge is 2.28. The summed E-state index contributed by atoms with van der Waals surface area (Å²) in [6.07, 6.45) is 0.556. The average molecular weight is 308 g/mol. The Balaban J connectivity index is 1.73. The second-order valence-electron chi connectivity index (χ2n) is 4.76. The summed E-state index contributed by atoms with van der Waals surface area (Å²) in [4.78, 5) is 4.52. The summed E-state index contributed by atoms with van der Waals surface area (Å²) >= 11 is 3.86. The molecule has 0 radical (unpaired) electrons. The monoisotopic (exact) mass is 308 g/mol. The Morgan fingerprint density at radius 1 is 1.35 bits per heavy atom. The standard InChI is InChI=1S/C14H16N2O2S2/c1-9-13(20-6-5-19-9)14-15-12(18-16-14)8-10-3-2-4-11(17)7-10/h2-4,7,9,13,17H,5-6,8H2,1H3. The van der Waals surface area contributed by atoms with Crippen molar-refractivity contribution in [3.8, 4) is 5.75 Å². The maximum Gasteiger partial charge on any atom is 0.231 e. The van der Waals surface area contributed by atoms with Gasteiger partial charge in [0.1, 0.15) is 5.75 Å². The van der Waals surface area contributed by atoms with Crippen molar-refractivity contribution in [1.82, 2.24) is 10.1 Å². The molecule has 0 spiro atoms. The Morgan fingerprint density at radius 2 is 2.20 bits per heavy atom. The molecule has 2 aromatic rings. The van der Waals surface area contributed by atoms with Crippen molar-refractivity contribution in [2.24, 2.45) is 0 Å². The van der Waals surface area contributed by atoms with Crippen LogP contribution in [0.25, 0.3) is 0 Å². The number of phenolic OH excluding ortho intramolecular Hbond substituents is 1. The van der Waals surface area contributed by atoms with Gasteiger partial charge in [-0.3, -0.25) is 0 Å². The number of thioether (sulfide) groups is 2. The third kappa shape index (κ3) is 3.12. The zero-order valence-corrected chi connectivity index (χ0v) is 12.8. The normalized spacial score (nSPS) is 22.9. The fraction of sp³-hybridized carbons (Fsp3) is 0.429. The molecule has 0 aliphatic carbocycles. The number of phenols is 1. The van der Waals surface area contributed by atoms with Crippen LogP contribution < -0.4 is 0 Å². The fourth-order valence-corrected chi connectivity index (χ4v) is 4.89. The first-order valence-corrected chi connectivity index (χ1v) is 8.66. The van der Waals surface area contributed by atoms with Gasteiger partial charge in [0.15, 0.2) is 5.82 Å². The molecule has 3 rings (SSSR count). The van der Waals surface area contributed by atoms with Gasteiger partial charge in [0.05, 0.1) is 11.7 Å². The molecule has 1 aromatic carbocycles. The van der Waals surface area contributed by atoms with E-state index in [4.69, 9.17) is 4.52 Å². The molecule has 0 bridgehead atoms. The summed E-state index contributed by atoms with van der Waals surface area (Å²) in [7, 11) is 0. The second kappa shape index (κ2) is 6.10. The predicted molar refractivity (Wildman–Crippen MR) is 82.3 cm³/mol. The lowest BCUT2D eigenvalue weighted by atomic mass is 10.1. The van der Waals surface area contributed by atoms with Crippen LogP contribution in [0.5, 0.6) is 5.75 Å². The van der Waals surface area contributed by atoms with Crippen molar-refractivity contribution in [1.29, 1.82) is 0 Å². The molecule has 1 aliphatic heterocycles. The quantitative estimate of drug-likeness (QED) is 0.939. The van der Waals surface area contributed by atoms with Gasteiger partial charge in [0.25, 0.3) is 0 Å². The smallest absolute Gasteiger partial charge is 0.231 e. The molecule has 1 aliphatic rings. The van der Waals surface area contributed by atoms with Crippen LogP contribution in [0.3, 0.4) is 0 Å². The first-order valence-electron chi connectivity index (χ1n) is 6.56. The minimum absolute atomic E-state index is 0.259. The van der Waals surface area contributed by atoms with Crippen LogP contribution in [-0.2, 0) is 6.42 Å². The zero-order valence-electron chi connectivity index (χ0n) is 11.2. The number of benzene rings is 1. The Labute approximate surface area is 126 Å². The minimum Gasteiger partial charge on any atom is -0.508 e. The first kappa shape index (κ1) is 13.8. The Hall–Kier alpha value is -1.14. The number of hydrogen-bond donors (Lipinski definition) is 1. The van der Waals surface area contributed by atoms with Crippen LogP contribution in [-0.4, -0.2) is 32.0 Å². The van der Waals surface area contributed by atoms with Crippen LogP contribution in [0.1, 0.15) is 29.5 Å². The van der Waals surface area contributed by atoms with E-state index in [-0.39, 0.29) is 5.75 Å². The second-order valence-corrected chi connectivity index (χ2v) is 7.49. The molecule has 2 unspecified atom stereocenters. The molecule has 1 N–H and O–H groups in total. The van der Waals surface area contributed by atoms with Gasteiger partial charge in [-0.2, -0.15) is 16.7 Å². The van der Waals surface area contributed by atoms with E-state index in [9.17, 15) is 5.11 Å². The van der Waals surface area contributed by atoms with Crippen molar-refractivity contribution in [3.63, 3.8) is 0 Å². The SMILES string of the molecule is CC1SCCSC1c1noc(Cc2cccc(O)c2)n1. The number of hydrogen-bond acceptors (Lipinski definition) is 6. The van der Waals surface area contributed by atoms with E-state index in [1.54, 1.807) is 12.1 Å². The molecule has 1 aromatic heterocycles. The van der Waals surface area contributed by atoms with Crippen LogP contribution >= 0.6 is 23.5 Å². The summed E-state index contributed by atoms with van der Waals surface area (Å²) in [6.45, 7) is 2.22. The van der Waals surface area contributed by atoms with Crippen molar-refractivity contribution in [2.45, 2.75) is 23.8 Å². The summed E-state index contributed by atoms with van der Waals surface area (Å²) in [5, 5.41) is 14.4. The average Bonchev–Trinajstić information content (AvgIpc) is 2.87. The van der Waals surface area contributed by atoms with Crippen molar-refractivity contribution in [3.05, 3.63) is 41.5 Å². The van der Waals surface area contributed by atoms with Crippen LogP contribution in [0.15, 0.2) is 28.8 Å². The molecule has 6 heteroatoms. The summed E-state index contributed by atoms with van der Waals surface area (Å²) in [5.41, 5.74) is 0.971. The molecule has 4 nitrogen and oxygen atoms in total. The minimum atomic E-state index is 0.259. The fourth-order valence-electron chi connectivity index (χ4n) is 2.21. The number of rotatable bonds is 3. The van der Waals surface area contributed by atoms with E-state index in [0.717, 1.165) is 17.1 Å². The van der Waals surface area contributed by atoms with Crippen LogP contribution in [0, 0.1) is 0 Å². The molecule has 2 heterocycles. The van der Waals surface area contributed by atoms with Gasteiger partial charge in [-0.1, -0.05) is 24.2 Å². The summed E-state index contributed by atoms with van der Waals surface area (Å²) in [6, 6.07) is 7.13. The highest BCUT2D eigenvalue weighted by molar-refractivity contribution is 8.06. The van der Waals surface area contributed by atoms with Gasteiger partial charge in [0.2, 0.25) is 5.89 Å². The number of aromatic hydroxyl groups is 1. The lowest BCUT2D eigenvalue weighted by Crippen LogP contribution is -2.16. The Kier molecular flexibility index (Phi) is 4.21. The van der Waals surface area contributed by atoms with Crippen molar-refractivity contribution in [2.75, 3.05) is 11.5 Å². The summed E-state index contributed by atoms with van der Waals surface area (Å²) < 4.78 is 5.34. The third-order valence-corrected chi connectivity index (χ3v) is 6.28. The highest BCUT2D eigenvalue weighted by atomic mass is 32.2. The van der Waals surface area contributed by atoms with Crippen molar-refractivity contribution >= 4 is 23.5 Å². The predicted octanol–water partition coefficient (Wildman–Crippen LogP) is 3.28. The van der Waals surface area contributed by atoms with Crippen LogP contribution in [0.4, 0.5) is 0 Å². The molecule has 2 atom stereocenters. The van der Waals surface area contributed by atoms with E-state index in [0.29, 0.717) is 22.8 Å². The molecular formula is C14H16N2O2S2. The molecule has 0 saturated carbocycles. The third-order valence-electron chi connectivity index (χ3n) is 3.19. The molecule has 1 fully saturated rings. The van der Waals surface area contributed by atoms with E-state index in [1.165, 1.54) is 5.75 Å². The summed E-state index contributed by atoms with van der Waals surface area (Å²) in [5.74, 6) is 3.99.